The van der Waals surface area contributed by atoms with Crippen LogP contribution in [0.2, 0.25) is 0 Å². The van der Waals surface area contributed by atoms with Crippen LogP contribution in [-0.4, -0.2) is 51.4 Å². The normalized spacial score (nSPS) is 25.7. The first-order chi connectivity index (χ1) is 14.5. The molecule has 2 heterocycles. The number of alkyl halides is 1. The Morgan fingerprint density at radius 3 is 2.56 bits per heavy atom. The third-order valence-electron chi connectivity index (χ3n) is 4.45. The molecule has 2 unspecified atom stereocenters. The van der Waals surface area contributed by atoms with Gasteiger partial charge in [-0.05, 0) is 18.4 Å². The monoisotopic (exact) mass is 519 g/mol. The van der Waals surface area contributed by atoms with E-state index < -0.39 is 47.3 Å². The van der Waals surface area contributed by atoms with Crippen molar-refractivity contribution >= 4 is 40.6 Å². The van der Waals surface area contributed by atoms with Crippen molar-refractivity contribution in [2.24, 2.45) is 0 Å². The molecule has 1 aliphatic carbocycles. The van der Waals surface area contributed by atoms with Gasteiger partial charge in [0.2, 0.25) is 5.95 Å². The Kier molecular flexibility index (Phi) is 6.39. The van der Waals surface area contributed by atoms with E-state index in [0.29, 0.717) is 0 Å². The van der Waals surface area contributed by atoms with Gasteiger partial charge in [-0.15, -0.1) is 0 Å². The SMILES string of the molecule is C=C1[C@@H](n2cnc3c(=O)[nH]c(N)nc32)CC[C@@]1(F)COP(=O)(O)OP(=O)(O)OP(=O)(O)O. The van der Waals surface area contributed by atoms with Gasteiger partial charge in [0, 0.05) is 0 Å². The summed E-state index contributed by atoms with van der Waals surface area (Å²) < 4.78 is 62.1. The number of H-pyrrole nitrogens is 1. The van der Waals surface area contributed by atoms with Crippen LogP contribution in [0.3, 0.4) is 0 Å². The van der Waals surface area contributed by atoms with Gasteiger partial charge in [0.25, 0.3) is 5.56 Å². The highest BCUT2D eigenvalue weighted by Gasteiger charge is 2.48. The molecule has 0 aromatic carbocycles. The molecule has 1 aliphatic rings. The quantitative estimate of drug-likeness (QED) is 0.207. The van der Waals surface area contributed by atoms with Gasteiger partial charge < -0.3 is 29.9 Å². The third-order valence-corrected chi connectivity index (χ3v) is 8.23. The van der Waals surface area contributed by atoms with Gasteiger partial charge >= 0.3 is 23.5 Å². The zero-order chi connectivity index (χ0) is 24.1. The number of nitrogen functional groups attached to an aromatic ring is 1. The van der Waals surface area contributed by atoms with E-state index in [4.69, 9.17) is 20.4 Å². The lowest BCUT2D eigenvalue weighted by Crippen LogP contribution is -2.28. The maximum absolute atomic E-state index is 15.4. The average Bonchev–Trinajstić information content (AvgIpc) is 3.12. The molecular weight excluding hydrogens is 502 g/mol. The Labute approximate surface area is 177 Å². The Bertz CT molecular complexity index is 1270. The van der Waals surface area contributed by atoms with E-state index in [1.54, 1.807) is 0 Å². The van der Waals surface area contributed by atoms with Crippen molar-refractivity contribution in [2.45, 2.75) is 24.6 Å². The number of anilines is 1. The predicted octanol–water partition coefficient (Wildman–Crippen LogP) is 0.644. The largest absolute Gasteiger partial charge is 0.490 e. The number of nitrogens with two attached hydrogens (primary N) is 1. The van der Waals surface area contributed by atoms with E-state index in [0.717, 1.165) is 0 Å². The van der Waals surface area contributed by atoms with E-state index in [9.17, 15) is 23.4 Å². The van der Waals surface area contributed by atoms with Crippen molar-refractivity contribution in [3.8, 4) is 0 Å². The van der Waals surface area contributed by atoms with Gasteiger partial charge in [-0.3, -0.25) is 14.3 Å². The number of rotatable bonds is 8. The van der Waals surface area contributed by atoms with Crippen LogP contribution in [0.25, 0.3) is 11.2 Å². The summed E-state index contributed by atoms with van der Waals surface area (Å²) in [7, 11) is -16.8. The molecule has 0 radical (unpaired) electrons. The van der Waals surface area contributed by atoms with Crippen molar-refractivity contribution in [3.05, 3.63) is 28.8 Å². The minimum absolute atomic E-state index is 0.0505. The number of imidazole rings is 1. The lowest BCUT2D eigenvalue weighted by molar-refractivity contribution is 0.0919. The van der Waals surface area contributed by atoms with Crippen molar-refractivity contribution in [3.63, 3.8) is 0 Å². The number of nitrogens with one attached hydrogen (secondary N) is 1. The zero-order valence-electron chi connectivity index (χ0n) is 15.8. The summed E-state index contributed by atoms with van der Waals surface area (Å²) in [5.41, 5.74) is 2.31. The molecule has 0 amide bonds. The minimum atomic E-state index is -5.73. The van der Waals surface area contributed by atoms with Gasteiger partial charge in [0.1, 0.15) is 0 Å². The Hall–Kier alpha value is -1.77. The smallest absolute Gasteiger partial charge is 0.369 e. The van der Waals surface area contributed by atoms with E-state index in [-0.39, 0.29) is 35.5 Å². The van der Waals surface area contributed by atoms with Crippen LogP contribution in [0.5, 0.6) is 0 Å². The van der Waals surface area contributed by atoms with Crippen LogP contribution in [0.15, 0.2) is 23.3 Å². The van der Waals surface area contributed by atoms with Gasteiger partial charge in [-0.1, -0.05) is 6.58 Å². The number of phosphoric acid groups is 3. The summed E-state index contributed by atoms with van der Waals surface area (Å²) in [4.78, 5) is 57.7. The molecule has 1 fully saturated rings. The molecule has 2 aromatic rings. The summed E-state index contributed by atoms with van der Waals surface area (Å²) in [5, 5.41) is 0. The topological polar surface area (TPSA) is 249 Å². The Balaban J connectivity index is 1.75. The second-order valence-corrected chi connectivity index (χ2v) is 11.1. The summed E-state index contributed by atoms with van der Waals surface area (Å²) in [6.45, 7) is 2.46. The number of hydrogen-bond donors (Lipinski definition) is 6. The zero-order valence-corrected chi connectivity index (χ0v) is 18.5. The van der Waals surface area contributed by atoms with Gasteiger partial charge in [0.15, 0.2) is 16.8 Å². The molecule has 1 saturated carbocycles. The first-order valence-corrected chi connectivity index (χ1v) is 12.9. The average molecular weight is 519 g/mol. The molecule has 4 atom stereocenters. The van der Waals surface area contributed by atoms with Crippen LogP contribution in [0, 0.1) is 0 Å². The summed E-state index contributed by atoms with van der Waals surface area (Å²) in [5.74, 6) is -0.202. The number of aromatic amines is 1. The van der Waals surface area contributed by atoms with Crippen LogP contribution < -0.4 is 11.3 Å². The third kappa shape index (κ3) is 5.41. The van der Waals surface area contributed by atoms with E-state index in [2.05, 4.69) is 34.7 Å². The van der Waals surface area contributed by atoms with Gasteiger partial charge in [0.05, 0.1) is 19.0 Å². The van der Waals surface area contributed by atoms with E-state index >= 15 is 4.39 Å². The molecule has 0 saturated heterocycles. The highest BCUT2D eigenvalue weighted by atomic mass is 31.3. The van der Waals surface area contributed by atoms with Crippen LogP contribution in [0.1, 0.15) is 18.9 Å². The van der Waals surface area contributed by atoms with Gasteiger partial charge in [-0.25, -0.2) is 23.1 Å². The molecule has 2 aromatic heterocycles. The molecule has 0 spiro atoms. The molecular formula is C12H17FN5O11P3. The maximum Gasteiger partial charge on any atom is 0.490 e. The fourth-order valence-corrected chi connectivity index (χ4v) is 6.19. The summed E-state index contributed by atoms with van der Waals surface area (Å²) in [6, 6.07) is -0.803. The molecule has 16 nitrogen and oxygen atoms in total. The molecule has 20 heteroatoms. The molecule has 0 aliphatic heterocycles. The Morgan fingerprint density at radius 2 is 1.94 bits per heavy atom. The van der Waals surface area contributed by atoms with Crippen LogP contribution in [-0.2, 0) is 26.8 Å². The second kappa shape index (κ2) is 8.22. The van der Waals surface area contributed by atoms with E-state index in [1.165, 1.54) is 10.9 Å². The number of hydrogen-bond acceptors (Lipinski definition) is 10. The highest BCUT2D eigenvalue weighted by Crippen LogP contribution is 2.66. The molecule has 32 heavy (non-hydrogen) atoms. The summed E-state index contributed by atoms with van der Waals surface area (Å²) in [6.07, 6.45) is 1.01. The molecule has 7 N–H and O–H groups in total. The van der Waals surface area contributed by atoms with Crippen molar-refractivity contribution in [1.29, 1.82) is 0 Å². The van der Waals surface area contributed by atoms with Crippen LogP contribution >= 0.6 is 23.5 Å². The van der Waals surface area contributed by atoms with Crippen LogP contribution in [0.4, 0.5) is 10.3 Å². The highest BCUT2D eigenvalue weighted by molar-refractivity contribution is 7.66. The number of halogens is 1. The lowest BCUT2D eigenvalue weighted by Gasteiger charge is -2.24. The van der Waals surface area contributed by atoms with Gasteiger partial charge in [-0.2, -0.15) is 13.6 Å². The van der Waals surface area contributed by atoms with Crippen molar-refractivity contribution in [1.82, 2.24) is 19.5 Å². The maximum atomic E-state index is 15.4. The number of nitrogens with zero attached hydrogens (tertiary/aromatic N) is 3. The standard InChI is InChI=1S/C12H17FN5O11P3/c1-6-7(18-5-15-8-9(18)16-11(14)17-10(8)19)2-3-12(6,13)4-27-31(23,24)29-32(25,26)28-30(20,21)22/h5,7H,1-4H2,(H,23,24)(H,25,26)(H2,20,21,22)(H3,14,16,17,19)/t7-,12+/m0/s1. The second-order valence-electron chi connectivity index (χ2n) is 6.68. The fraction of sp³-hybridized carbons (Fsp3) is 0.417. The number of aromatic nitrogens is 4. The number of fused-ring (bicyclic) bond motifs is 1. The number of phosphoric ester groups is 1. The minimum Gasteiger partial charge on any atom is -0.369 e. The molecule has 3 rings (SSSR count). The summed E-state index contributed by atoms with van der Waals surface area (Å²) >= 11 is 0. The van der Waals surface area contributed by atoms with Crippen molar-refractivity contribution < 1.29 is 50.8 Å². The fourth-order valence-electron chi connectivity index (χ4n) is 3.13. The lowest BCUT2D eigenvalue weighted by atomic mass is 10.0. The molecule has 178 valence electrons. The first-order valence-electron chi connectivity index (χ1n) is 8.41. The molecule has 0 bridgehead atoms. The Morgan fingerprint density at radius 1 is 1.28 bits per heavy atom. The first kappa shape index (κ1) is 24.9. The predicted molar refractivity (Wildman–Crippen MR) is 104 cm³/mol. The van der Waals surface area contributed by atoms with Crippen molar-refractivity contribution in [2.75, 3.05) is 12.3 Å². The van der Waals surface area contributed by atoms with E-state index in [1.807, 2.05) is 0 Å².